The van der Waals surface area contributed by atoms with Gasteiger partial charge in [-0.3, -0.25) is 14.5 Å². The lowest BCUT2D eigenvalue weighted by Gasteiger charge is -2.36. The molecule has 1 atom stereocenters. The summed E-state index contributed by atoms with van der Waals surface area (Å²) in [7, 11) is 0. The number of anilines is 6. The summed E-state index contributed by atoms with van der Waals surface area (Å²) in [5.41, 5.74) is 3.20. The Hall–Kier alpha value is -4.48. The van der Waals surface area contributed by atoms with Crippen LogP contribution in [0.2, 0.25) is 0 Å². The average Bonchev–Trinajstić information content (AvgIpc) is 3.34. The van der Waals surface area contributed by atoms with E-state index in [2.05, 4.69) is 42.6 Å². The van der Waals surface area contributed by atoms with Crippen LogP contribution in [-0.2, 0) is 11.3 Å². The zero-order chi connectivity index (χ0) is 28.2. The summed E-state index contributed by atoms with van der Waals surface area (Å²) in [6.07, 6.45) is 0.821. The van der Waals surface area contributed by atoms with Gasteiger partial charge in [-0.05, 0) is 55.5 Å². The summed E-state index contributed by atoms with van der Waals surface area (Å²) in [6, 6.07) is 14.6. The van der Waals surface area contributed by atoms with Crippen molar-refractivity contribution in [1.29, 1.82) is 0 Å². The van der Waals surface area contributed by atoms with Crippen molar-refractivity contribution in [3.8, 4) is 0 Å². The molecule has 11 heteroatoms. The number of aromatic nitrogens is 1. The number of rotatable bonds is 9. The number of aliphatic hydroxyl groups is 1. The first-order valence-electron chi connectivity index (χ1n) is 13.1. The first kappa shape index (κ1) is 27.1. The van der Waals surface area contributed by atoms with Gasteiger partial charge in [0.05, 0.1) is 11.7 Å². The molecule has 1 aromatic heterocycles. The molecule has 2 aliphatic heterocycles. The molecular formula is C29H32FN7O3. The normalized spacial score (nSPS) is 15.7. The number of aliphatic hydroxyl groups excluding tert-OH is 1. The predicted molar refractivity (Wildman–Crippen MR) is 154 cm³/mol. The molecule has 2 amide bonds. The SMILES string of the molecule is C=CC(=O)Nc1cccc(Nc2nc(Nc3ccc(N4CCN(CC(C)O)CC4)cc3)c3c(c2F)CNC3=O)c1. The van der Waals surface area contributed by atoms with Crippen LogP contribution in [0.15, 0.2) is 61.2 Å². The van der Waals surface area contributed by atoms with Gasteiger partial charge >= 0.3 is 0 Å². The van der Waals surface area contributed by atoms with Gasteiger partial charge in [0.25, 0.3) is 5.91 Å². The lowest BCUT2D eigenvalue weighted by Crippen LogP contribution is -2.48. The van der Waals surface area contributed by atoms with E-state index in [1.807, 2.05) is 24.3 Å². The maximum absolute atomic E-state index is 15.4. The molecule has 1 fully saturated rings. The van der Waals surface area contributed by atoms with Gasteiger partial charge in [-0.1, -0.05) is 12.6 Å². The number of carbonyl (C=O) groups is 2. The van der Waals surface area contributed by atoms with Crippen molar-refractivity contribution in [2.45, 2.75) is 19.6 Å². The van der Waals surface area contributed by atoms with E-state index < -0.39 is 11.7 Å². The van der Waals surface area contributed by atoms with Crippen LogP contribution < -0.4 is 26.2 Å². The topological polar surface area (TPSA) is 122 Å². The lowest BCUT2D eigenvalue weighted by molar-refractivity contribution is -0.111. The van der Waals surface area contributed by atoms with Gasteiger partial charge in [-0.2, -0.15) is 0 Å². The van der Waals surface area contributed by atoms with E-state index in [-0.39, 0.29) is 41.3 Å². The van der Waals surface area contributed by atoms with Crippen molar-refractivity contribution in [1.82, 2.24) is 15.2 Å². The Morgan fingerprint density at radius 2 is 1.80 bits per heavy atom. The smallest absolute Gasteiger partial charge is 0.255 e. The van der Waals surface area contributed by atoms with Crippen LogP contribution in [0.25, 0.3) is 0 Å². The quantitative estimate of drug-likeness (QED) is 0.259. The molecule has 5 rings (SSSR count). The molecule has 2 aromatic carbocycles. The van der Waals surface area contributed by atoms with Crippen molar-refractivity contribution >= 4 is 46.2 Å². The van der Waals surface area contributed by atoms with Gasteiger partial charge in [0.2, 0.25) is 5.91 Å². The van der Waals surface area contributed by atoms with Crippen LogP contribution in [0.5, 0.6) is 0 Å². The summed E-state index contributed by atoms with van der Waals surface area (Å²) in [5.74, 6) is -1.18. The number of nitrogens with one attached hydrogen (secondary N) is 4. The maximum Gasteiger partial charge on any atom is 0.255 e. The fourth-order valence-corrected chi connectivity index (χ4v) is 4.91. The van der Waals surface area contributed by atoms with Crippen LogP contribution in [0.4, 0.5) is 38.8 Å². The molecule has 10 nitrogen and oxygen atoms in total. The molecule has 2 aliphatic rings. The highest BCUT2D eigenvalue weighted by atomic mass is 19.1. The fraction of sp³-hybridized carbons (Fsp3) is 0.276. The first-order chi connectivity index (χ1) is 19.3. The van der Waals surface area contributed by atoms with Gasteiger partial charge in [-0.25, -0.2) is 9.37 Å². The number of fused-ring (bicyclic) bond motifs is 1. The second kappa shape index (κ2) is 11.7. The largest absolute Gasteiger partial charge is 0.392 e. The first-order valence-corrected chi connectivity index (χ1v) is 13.1. The number of carbonyl (C=O) groups excluding carboxylic acids is 2. The number of hydrogen-bond donors (Lipinski definition) is 5. The van der Waals surface area contributed by atoms with Crippen LogP contribution in [0, 0.1) is 5.82 Å². The molecule has 1 unspecified atom stereocenters. The van der Waals surface area contributed by atoms with Crippen molar-refractivity contribution < 1.29 is 19.1 Å². The van der Waals surface area contributed by atoms with E-state index in [1.165, 1.54) is 0 Å². The fourth-order valence-electron chi connectivity index (χ4n) is 4.91. The second-order valence-corrected chi connectivity index (χ2v) is 9.87. The number of piperazine rings is 1. The van der Waals surface area contributed by atoms with Crippen LogP contribution in [-0.4, -0.2) is 65.6 Å². The number of halogens is 1. The molecule has 3 heterocycles. The highest BCUT2D eigenvalue weighted by Gasteiger charge is 2.30. The van der Waals surface area contributed by atoms with Crippen LogP contribution in [0.1, 0.15) is 22.8 Å². The van der Waals surface area contributed by atoms with Crippen molar-refractivity contribution in [3.63, 3.8) is 0 Å². The third-order valence-electron chi connectivity index (χ3n) is 6.86. The Kier molecular flexibility index (Phi) is 7.94. The molecule has 0 bridgehead atoms. The molecule has 3 aromatic rings. The monoisotopic (exact) mass is 545 g/mol. The van der Waals surface area contributed by atoms with E-state index in [0.717, 1.165) is 37.9 Å². The van der Waals surface area contributed by atoms with Gasteiger partial charge in [-0.15, -0.1) is 0 Å². The van der Waals surface area contributed by atoms with Crippen LogP contribution in [0.3, 0.4) is 0 Å². The van der Waals surface area contributed by atoms with E-state index in [1.54, 1.807) is 31.2 Å². The summed E-state index contributed by atoms with van der Waals surface area (Å²) >= 11 is 0. The zero-order valence-electron chi connectivity index (χ0n) is 22.2. The molecule has 5 N–H and O–H groups in total. The molecule has 0 spiro atoms. The van der Waals surface area contributed by atoms with E-state index in [4.69, 9.17) is 0 Å². The minimum Gasteiger partial charge on any atom is -0.392 e. The van der Waals surface area contributed by atoms with E-state index >= 15 is 4.39 Å². The second-order valence-electron chi connectivity index (χ2n) is 9.87. The van der Waals surface area contributed by atoms with E-state index in [0.29, 0.717) is 23.6 Å². The average molecular weight is 546 g/mol. The number of β-amino-alcohol motifs (C(OH)–C–C–N with tert-alkyl or cyclic N) is 1. The summed E-state index contributed by atoms with van der Waals surface area (Å²) < 4.78 is 15.4. The summed E-state index contributed by atoms with van der Waals surface area (Å²) in [5, 5.41) is 21.1. The Morgan fingerprint density at radius 1 is 1.10 bits per heavy atom. The number of hydrogen-bond acceptors (Lipinski definition) is 8. The minimum absolute atomic E-state index is 0.0448. The molecule has 0 aliphatic carbocycles. The lowest BCUT2D eigenvalue weighted by atomic mass is 10.1. The molecule has 0 saturated carbocycles. The van der Waals surface area contributed by atoms with E-state index in [9.17, 15) is 14.7 Å². The molecule has 40 heavy (non-hydrogen) atoms. The molecule has 1 saturated heterocycles. The van der Waals surface area contributed by atoms with Gasteiger partial charge < -0.3 is 31.3 Å². The van der Waals surface area contributed by atoms with Crippen molar-refractivity contribution in [3.05, 3.63) is 78.1 Å². The maximum atomic E-state index is 15.4. The third-order valence-corrected chi connectivity index (χ3v) is 6.86. The third kappa shape index (κ3) is 6.05. The van der Waals surface area contributed by atoms with Gasteiger partial charge in [0.15, 0.2) is 11.6 Å². The van der Waals surface area contributed by atoms with Gasteiger partial charge in [0.1, 0.15) is 5.82 Å². The molecular weight excluding hydrogens is 513 g/mol. The van der Waals surface area contributed by atoms with Crippen molar-refractivity contribution in [2.75, 3.05) is 53.6 Å². The molecule has 0 radical (unpaired) electrons. The van der Waals surface area contributed by atoms with Gasteiger partial charge in [0, 0.05) is 67.6 Å². The van der Waals surface area contributed by atoms with Crippen molar-refractivity contribution in [2.24, 2.45) is 0 Å². The Bertz CT molecular complexity index is 1420. The Labute approximate surface area is 231 Å². The molecule has 208 valence electrons. The summed E-state index contributed by atoms with van der Waals surface area (Å²) in [6.45, 7) is 9.46. The predicted octanol–water partition coefficient (Wildman–Crippen LogP) is 3.58. The number of benzene rings is 2. The highest BCUT2D eigenvalue weighted by Crippen LogP contribution is 2.33. The Balaban J connectivity index is 1.34. The summed E-state index contributed by atoms with van der Waals surface area (Å²) in [4.78, 5) is 33.2. The Morgan fingerprint density at radius 3 is 2.50 bits per heavy atom. The number of nitrogens with zero attached hydrogens (tertiary/aromatic N) is 3. The zero-order valence-corrected chi connectivity index (χ0v) is 22.2. The number of pyridine rings is 1. The van der Waals surface area contributed by atoms with Crippen LogP contribution >= 0.6 is 0 Å². The standard InChI is InChI=1S/C29H32FN7O3/c1-3-24(39)32-20-5-4-6-21(15-20)34-28-26(30)23-16-31-29(40)25(23)27(35-28)33-19-7-9-22(10-8-19)37-13-11-36(12-14-37)17-18(2)38/h3-10,15,18,38H,1,11-14,16-17H2,2H3,(H,31,40)(H,32,39)(H2,33,34,35). The minimum atomic E-state index is -0.621. The highest BCUT2D eigenvalue weighted by molar-refractivity contribution is 6.04. The number of amides is 2.